The van der Waals surface area contributed by atoms with Crippen molar-refractivity contribution >= 4 is 5.97 Å². The third-order valence-corrected chi connectivity index (χ3v) is 6.17. The Hall–Kier alpha value is -0.530. The minimum absolute atomic E-state index is 0.101. The Kier molecular flexibility index (Phi) is 10.6. The van der Waals surface area contributed by atoms with Gasteiger partial charge >= 0.3 is 5.97 Å². The number of rotatable bonds is 13. The molecule has 0 aliphatic heterocycles. The summed E-state index contributed by atoms with van der Waals surface area (Å²) >= 11 is 0. The van der Waals surface area contributed by atoms with Crippen LogP contribution in [0, 0.1) is 11.3 Å². The Balaban J connectivity index is 2.15. The lowest BCUT2D eigenvalue weighted by Crippen LogP contribution is -2.36. The smallest absolute Gasteiger partial charge is 0.306 e. The van der Waals surface area contributed by atoms with E-state index in [9.17, 15) is 9.90 Å². The molecule has 2 heteroatoms. The maximum atomic E-state index is 11.5. The average molecular weight is 325 g/mol. The van der Waals surface area contributed by atoms with Crippen molar-refractivity contribution in [1.82, 2.24) is 0 Å². The highest BCUT2D eigenvalue weighted by Crippen LogP contribution is 2.46. The molecule has 0 spiro atoms. The van der Waals surface area contributed by atoms with Gasteiger partial charge in [0.15, 0.2) is 0 Å². The number of carboxylic acid groups (broad SMARTS) is 1. The van der Waals surface area contributed by atoms with Crippen molar-refractivity contribution in [2.75, 3.05) is 0 Å². The van der Waals surface area contributed by atoms with Crippen LogP contribution in [-0.2, 0) is 4.79 Å². The van der Waals surface area contributed by atoms with Crippen LogP contribution in [0.4, 0.5) is 0 Å². The average Bonchev–Trinajstić information content (AvgIpc) is 2.56. The van der Waals surface area contributed by atoms with Gasteiger partial charge in [-0.15, -0.1) is 0 Å². The van der Waals surface area contributed by atoms with Gasteiger partial charge in [0.25, 0.3) is 0 Å². The van der Waals surface area contributed by atoms with Gasteiger partial charge in [-0.2, -0.15) is 0 Å². The topological polar surface area (TPSA) is 37.3 Å². The third-order valence-electron chi connectivity index (χ3n) is 6.17. The van der Waals surface area contributed by atoms with Crippen LogP contribution in [0.25, 0.3) is 0 Å². The number of hydrogen-bond donors (Lipinski definition) is 1. The highest BCUT2D eigenvalue weighted by molar-refractivity contribution is 5.70. The van der Waals surface area contributed by atoms with E-state index in [1.807, 2.05) is 6.92 Å². The summed E-state index contributed by atoms with van der Waals surface area (Å²) in [7, 11) is 0. The first-order valence-corrected chi connectivity index (χ1v) is 10.4. The van der Waals surface area contributed by atoms with E-state index >= 15 is 0 Å². The molecule has 0 amide bonds. The molecule has 0 saturated heterocycles. The Morgan fingerprint density at radius 3 is 1.83 bits per heavy atom. The lowest BCUT2D eigenvalue weighted by atomic mass is 9.64. The second-order valence-electron chi connectivity index (χ2n) is 7.91. The standard InChI is InChI=1S/C21H40O2/c1-3-4-5-6-7-8-9-10-11-13-16-21(19(2)20(22)23)17-14-12-15-18-21/h19H,3-18H2,1-2H3,(H,22,23). The fourth-order valence-corrected chi connectivity index (χ4v) is 4.38. The molecule has 0 aromatic rings. The lowest BCUT2D eigenvalue weighted by Gasteiger charge is -2.40. The largest absolute Gasteiger partial charge is 0.481 e. The first-order valence-electron chi connectivity index (χ1n) is 10.4. The second-order valence-corrected chi connectivity index (χ2v) is 7.91. The molecule has 1 atom stereocenters. The molecule has 0 radical (unpaired) electrons. The van der Waals surface area contributed by atoms with Crippen molar-refractivity contribution in [1.29, 1.82) is 0 Å². The molecule has 1 N–H and O–H groups in total. The zero-order chi connectivity index (χ0) is 17.0. The van der Waals surface area contributed by atoms with Gasteiger partial charge in [0, 0.05) is 0 Å². The molecule has 1 rings (SSSR count). The SMILES string of the molecule is CCCCCCCCCCCCC1(C(C)C(=O)O)CCCCC1. The highest BCUT2D eigenvalue weighted by Gasteiger charge is 2.40. The second kappa shape index (κ2) is 11.9. The molecule has 1 aliphatic carbocycles. The Morgan fingerprint density at radius 2 is 1.35 bits per heavy atom. The summed E-state index contributed by atoms with van der Waals surface area (Å²) in [6, 6.07) is 0. The summed E-state index contributed by atoms with van der Waals surface area (Å²) in [5, 5.41) is 9.46. The molecule has 0 heterocycles. The fraction of sp³-hybridized carbons (Fsp3) is 0.952. The number of carbonyl (C=O) groups is 1. The molecular weight excluding hydrogens is 284 g/mol. The van der Waals surface area contributed by atoms with Crippen LogP contribution in [0.15, 0.2) is 0 Å². The van der Waals surface area contributed by atoms with Crippen LogP contribution in [0.1, 0.15) is 117 Å². The summed E-state index contributed by atoms with van der Waals surface area (Å²) in [5.41, 5.74) is 0.101. The zero-order valence-corrected chi connectivity index (χ0v) is 15.7. The molecule has 136 valence electrons. The first-order chi connectivity index (χ1) is 11.1. The third kappa shape index (κ3) is 7.72. The van der Waals surface area contributed by atoms with E-state index in [2.05, 4.69) is 6.92 Å². The highest BCUT2D eigenvalue weighted by atomic mass is 16.4. The number of carboxylic acids is 1. The molecular formula is C21H40O2. The molecule has 0 aromatic heterocycles. The van der Waals surface area contributed by atoms with Crippen LogP contribution in [0.5, 0.6) is 0 Å². The predicted octanol–water partition coefficient (Wildman–Crippen LogP) is 6.97. The van der Waals surface area contributed by atoms with E-state index in [0.717, 1.165) is 19.3 Å². The molecule has 2 nitrogen and oxygen atoms in total. The maximum absolute atomic E-state index is 11.5. The zero-order valence-electron chi connectivity index (χ0n) is 15.7. The minimum Gasteiger partial charge on any atom is -0.481 e. The first kappa shape index (κ1) is 20.5. The van der Waals surface area contributed by atoms with E-state index in [1.165, 1.54) is 83.5 Å². The summed E-state index contributed by atoms with van der Waals surface area (Å²) in [6.45, 7) is 4.22. The summed E-state index contributed by atoms with van der Waals surface area (Å²) in [5.74, 6) is -0.750. The number of hydrogen-bond acceptors (Lipinski definition) is 1. The molecule has 1 saturated carbocycles. The van der Waals surface area contributed by atoms with Crippen LogP contribution < -0.4 is 0 Å². The quantitative estimate of drug-likeness (QED) is 0.371. The van der Waals surface area contributed by atoms with Gasteiger partial charge in [-0.1, -0.05) is 97.3 Å². The van der Waals surface area contributed by atoms with Gasteiger partial charge in [-0.25, -0.2) is 0 Å². The van der Waals surface area contributed by atoms with E-state index in [-0.39, 0.29) is 11.3 Å². The van der Waals surface area contributed by atoms with Crippen molar-refractivity contribution in [3.63, 3.8) is 0 Å². The summed E-state index contributed by atoms with van der Waals surface area (Å²) in [6.07, 6.45) is 20.7. The molecule has 1 fully saturated rings. The van der Waals surface area contributed by atoms with Gasteiger partial charge in [0.1, 0.15) is 0 Å². The molecule has 0 aromatic carbocycles. The van der Waals surface area contributed by atoms with Crippen LogP contribution in [0.2, 0.25) is 0 Å². The fourth-order valence-electron chi connectivity index (χ4n) is 4.38. The van der Waals surface area contributed by atoms with E-state index in [4.69, 9.17) is 0 Å². The number of aliphatic carboxylic acids is 1. The van der Waals surface area contributed by atoms with E-state index in [1.54, 1.807) is 0 Å². The van der Waals surface area contributed by atoms with Gasteiger partial charge in [0.2, 0.25) is 0 Å². The van der Waals surface area contributed by atoms with Crippen molar-refractivity contribution in [2.45, 2.75) is 117 Å². The normalized spacial score (nSPS) is 18.7. The van der Waals surface area contributed by atoms with Crippen molar-refractivity contribution in [3.05, 3.63) is 0 Å². The Labute approximate surface area is 144 Å². The minimum atomic E-state index is -0.584. The van der Waals surface area contributed by atoms with Crippen LogP contribution in [-0.4, -0.2) is 11.1 Å². The van der Waals surface area contributed by atoms with Crippen molar-refractivity contribution < 1.29 is 9.90 Å². The van der Waals surface area contributed by atoms with Gasteiger partial charge in [-0.05, 0) is 24.7 Å². The summed E-state index contributed by atoms with van der Waals surface area (Å²) < 4.78 is 0. The predicted molar refractivity (Wildman–Crippen MR) is 98.8 cm³/mol. The Morgan fingerprint density at radius 1 is 0.870 bits per heavy atom. The van der Waals surface area contributed by atoms with Crippen molar-refractivity contribution in [2.24, 2.45) is 11.3 Å². The molecule has 23 heavy (non-hydrogen) atoms. The van der Waals surface area contributed by atoms with E-state index in [0.29, 0.717) is 0 Å². The summed E-state index contributed by atoms with van der Waals surface area (Å²) in [4.78, 5) is 11.5. The monoisotopic (exact) mass is 324 g/mol. The Bertz CT molecular complexity index is 305. The van der Waals surface area contributed by atoms with E-state index < -0.39 is 5.97 Å². The lowest BCUT2D eigenvalue weighted by molar-refractivity contribution is -0.147. The van der Waals surface area contributed by atoms with Gasteiger partial charge in [-0.3, -0.25) is 4.79 Å². The van der Waals surface area contributed by atoms with Crippen molar-refractivity contribution in [3.8, 4) is 0 Å². The maximum Gasteiger partial charge on any atom is 0.306 e. The van der Waals surface area contributed by atoms with Gasteiger partial charge in [0.05, 0.1) is 5.92 Å². The molecule has 1 unspecified atom stereocenters. The number of unbranched alkanes of at least 4 members (excludes halogenated alkanes) is 9. The van der Waals surface area contributed by atoms with Gasteiger partial charge < -0.3 is 5.11 Å². The van der Waals surface area contributed by atoms with Crippen LogP contribution in [0.3, 0.4) is 0 Å². The van der Waals surface area contributed by atoms with Crippen LogP contribution >= 0.6 is 0 Å². The molecule has 0 bridgehead atoms. The molecule has 1 aliphatic rings.